The van der Waals surface area contributed by atoms with Gasteiger partial charge < -0.3 is 15.8 Å². The van der Waals surface area contributed by atoms with Gasteiger partial charge in [-0.25, -0.2) is 4.79 Å². The maximum atomic E-state index is 11.6. The predicted octanol–water partition coefficient (Wildman–Crippen LogP) is 1.91. The summed E-state index contributed by atoms with van der Waals surface area (Å²) in [5.41, 5.74) is 6.48. The molecule has 0 saturated carbocycles. The molecule has 0 heterocycles. The fraction of sp³-hybridized carbons (Fsp3) is 0.273. The number of carbonyl (C=O) groups is 1. The molecule has 0 atom stereocenters. The van der Waals surface area contributed by atoms with Gasteiger partial charge in [0.05, 0.1) is 11.7 Å². The van der Waals surface area contributed by atoms with E-state index in [9.17, 15) is 4.79 Å². The summed E-state index contributed by atoms with van der Waals surface area (Å²) >= 11 is 4.71. The average Bonchev–Trinajstić information content (AvgIpc) is 2.16. The van der Waals surface area contributed by atoms with Crippen LogP contribution in [0.5, 0.6) is 0 Å². The molecule has 0 aromatic heterocycles. The van der Waals surface area contributed by atoms with Crippen molar-refractivity contribution in [3.8, 4) is 0 Å². The van der Waals surface area contributed by atoms with Crippen LogP contribution in [0.1, 0.15) is 24.2 Å². The predicted molar refractivity (Wildman–Crippen MR) is 67.4 cm³/mol. The van der Waals surface area contributed by atoms with Crippen LogP contribution in [0.4, 0.5) is 5.69 Å². The first-order valence-corrected chi connectivity index (χ1v) is 5.27. The lowest BCUT2D eigenvalue weighted by atomic mass is 10.2. The number of thiocarbonyl (C=S) groups is 1. The van der Waals surface area contributed by atoms with Gasteiger partial charge in [0.25, 0.3) is 0 Å². The topological polar surface area (TPSA) is 64.3 Å². The molecule has 1 aromatic carbocycles. The van der Waals surface area contributed by atoms with E-state index in [0.29, 0.717) is 11.3 Å². The van der Waals surface area contributed by atoms with Crippen LogP contribution in [-0.2, 0) is 4.74 Å². The Hall–Kier alpha value is -1.62. The lowest BCUT2D eigenvalue weighted by Gasteiger charge is -2.09. The van der Waals surface area contributed by atoms with Crippen LogP contribution < -0.4 is 11.1 Å². The van der Waals surface area contributed by atoms with Gasteiger partial charge in [0, 0.05) is 5.69 Å². The number of hydrogen-bond acceptors (Lipinski definition) is 3. The molecular formula is C11H14N2O2S. The number of anilines is 1. The number of carbonyl (C=O) groups excluding carboxylic acids is 1. The average molecular weight is 238 g/mol. The Morgan fingerprint density at radius 3 is 2.75 bits per heavy atom. The van der Waals surface area contributed by atoms with Crippen LogP contribution in [0.2, 0.25) is 0 Å². The molecule has 0 aliphatic rings. The summed E-state index contributed by atoms with van der Waals surface area (Å²) in [7, 11) is 0. The van der Waals surface area contributed by atoms with Crippen molar-refractivity contribution in [1.82, 2.24) is 0 Å². The van der Waals surface area contributed by atoms with Gasteiger partial charge in [0.1, 0.15) is 0 Å². The third-order valence-electron chi connectivity index (χ3n) is 1.71. The summed E-state index contributed by atoms with van der Waals surface area (Å²) in [5, 5.41) is 2.92. The highest BCUT2D eigenvalue weighted by molar-refractivity contribution is 7.80. The van der Waals surface area contributed by atoms with Gasteiger partial charge in [-0.1, -0.05) is 6.07 Å². The van der Waals surface area contributed by atoms with E-state index in [1.54, 1.807) is 38.1 Å². The van der Waals surface area contributed by atoms with Crippen LogP contribution in [0.15, 0.2) is 24.3 Å². The van der Waals surface area contributed by atoms with Crippen LogP contribution in [0, 0.1) is 0 Å². The molecule has 0 fully saturated rings. The van der Waals surface area contributed by atoms with E-state index >= 15 is 0 Å². The van der Waals surface area contributed by atoms with Gasteiger partial charge in [0.2, 0.25) is 0 Å². The first-order valence-electron chi connectivity index (χ1n) is 4.86. The Bertz CT molecular complexity index is 405. The quantitative estimate of drug-likeness (QED) is 0.622. The molecule has 3 N–H and O–H groups in total. The summed E-state index contributed by atoms with van der Waals surface area (Å²) in [6, 6.07) is 6.82. The smallest absolute Gasteiger partial charge is 0.338 e. The molecule has 1 aromatic rings. The molecule has 0 bridgehead atoms. The van der Waals surface area contributed by atoms with E-state index < -0.39 is 0 Å². The monoisotopic (exact) mass is 238 g/mol. The highest BCUT2D eigenvalue weighted by Crippen LogP contribution is 2.12. The van der Waals surface area contributed by atoms with Gasteiger partial charge in [0.15, 0.2) is 5.11 Å². The highest BCUT2D eigenvalue weighted by Gasteiger charge is 2.09. The fourth-order valence-electron chi connectivity index (χ4n) is 1.15. The SMILES string of the molecule is CC(C)OC(=O)c1cccc(NC(N)=S)c1. The van der Waals surface area contributed by atoms with E-state index in [2.05, 4.69) is 5.32 Å². The van der Waals surface area contributed by atoms with Crippen molar-refractivity contribution in [2.24, 2.45) is 5.73 Å². The molecule has 0 aliphatic heterocycles. The molecule has 4 nitrogen and oxygen atoms in total. The minimum absolute atomic E-state index is 0.139. The standard InChI is InChI=1S/C11H14N2O2S/c1-7(2)15-10(14)8-4-3-5-9(6-8)13-11(12)16/h3-7H,1-2H3,(H3,12,13,16). The maximum Gasteiger partial charge on any atom is 0.338 e. The van der Waals surface area contributed by atoms with E-state index in [1.807, 2.05) is 0 Å². The van der Waals surface area contributed by atoms with Crippen LogP contribution in [0.25, 0.3) is 0 Å². The molecule has 0 saturated heterocycles. The van der Waals surface area contributed by atoms with Crippen molar-refractivity contribution in [1.29, 1.82) is 0 Å². The van der Waals surface area contributed by atoms with Gasteiger partial charge >= 0.3 is 5.97 Å². The van der Waals surface area contributed by atoms with Gasteiger partial charge in [-0.2, -0.15) is 0 Å². The molecule has 0 aliphatic carbocycles. The number of nitrogens with two attached hydrogens (primary N) is 1. The van der Waals surface area contributed by atoms with Gasteiger partial charge in [-0.3, -0.25) is 0 Å². The number of ether oxygens (including phenoxy) is 1. The normalized spacial score (nSPS) is 9.94. The first-order chi connectivity index (χ1) is 7.49. The maximum absolute atomic E-state index is 11.6. The second-order valence-corrected chi connectivity index (χ2v) is 3.96. The Kier molecular flexibility index (Phi) is 4.25. The number of benzene rings is 1. The van der Waals surface area contributed by atoms with Crippen molar-refractivity contribution in [3.05, 3.63) is 29.8 Å². The number of hydrogen-bond donors (Lipinski definition) is 2. The van der Waals surface area contributed by atoms with Crippen LogP contribution >= 0.6 is 12.2 Å². The minimum Gasteiger partial charge on any atom is -0.459 e. The van der Waals surface area contributed by atoms with Crippen molar-refractivity contribution in [3.63, 3.8) is 0 Å². The first kappa shape index (κ1) is 12.4. The minimum atomic E-state index is -0.360. The number of nitrogens with one attached hydrogen (secondary N) is 1. The zero-order valence-corrected chi connectivity index (χ0v) is 10.0. The van der Waals surface area contributed by atoms with Gasteiger partial charge in [-0.15, -0.1) is 0 Å². The molecule has 16 heavy (non-hydrogen) atoms. The molecule has 5 heteroatoms. The van der Waals surface area contributed by atoms with Crippen LogP contribution in [-0.4, -0.2) is 17.2 Å². The summed E-state index contributed by atoms with van der Waals surface area (Å²) in [6.07, 6.45) is -0.139. The number of rotatable bonds is 3. The van der Waals surface area contributed by atoms with Crippen LogP contribution in [0.3, 0.4) is 0 Å². The van der Waals surface area contributed by atoms with E-state index in [1.165, 1.54) is 0 Å². The Morgan fingerprint density at radius 1 is 1.50 bits per heavy atom. The second-order valence-electron chi connectivity index (χ2n) is 3.52. The molecule has 0 radical (unpaired) electrons. The largest absolute Gasteiger partial charge is 0.459 e. The Labute approximate surface area is 99.8 Å². The summed E-state index contributed by atoms with van der Waals surface area (Å²) in [4.78, 5) is 11.6. The van der Waals surface area contributed by atoms with Crippen molar-refractivity contribution < 1.29 is 9.53 Å². The molecular weight excluding hydrogens is 224 g/mol. The lowest BCUT2D eigenvalue weighted by Crippen LogP contribution is -2.19. The zero-order chi connectivity index (χ0) is 12.1. The van der Waals surface area contributed by atoms with E-state index in [0.717, 1.165) is 0 Å². The second kappa shape index (κ2) is 5.46. The van der Waals surface area contributed by atoms with Gasteiger partial charge in [-0.05, 0) is 44.3 Å². The lowest BCUT2D eigenvalue weighted by molar-refractivity contribution is 0.0378. The molecule has 0 amide bonds. The molecule has 1 rings (SSSR count). The highest BCUT2D eigenvalue weighted by atomic mass is 32.1. The Balaban J connectivity index is 2.81. The van der Waals surface area contributed by atoms with Crippen molar-refractivity contribution in [2.45, 2.75) is 20.0 Å². The zero-order valence-electron chi connectivity index (χ0n) is 9.19. The third-order valence-corrected chi connectivity index (χ3v) is 1.81. The fourth-order valence-corrected chi connectivity index (χ4v) is 1.27. The molecule has 0 unspecified atom stereocenters. The van der Waals surface area contributed by atoms with E-state index in [4.69, 9.17) is 22.7 Å². The molecule has 86 valence electrons. The number of esters is 1. The van der Waals surface area contributed by atoms with Crippen molar-refractivity contribution >= 4 is 29.0 Å². The third kappa shape index (κ3) is 3.86. The summed E-state index contributed by atoms with van der Waals surface area (Å²) in [6.45, 7) is 3.60. The summed E-state index contributed by atoms with van der Waals surface area (Å²) in [5.74, 6) is -0.360. The van der Waals surface area contributed by atoms with E-state index in [-0.39, 0.29) is 17.2 Å². The summed E-state index contributed by atoms with van der Waals surface area (Å²) < 4.78 is 5.07. The Morgan fingerprint density at radius 2 is 2.19 bits per heavy atom. The van der Waals surface area contributed by atoms with Crippen molar-refractivity contribution in [2.75, 3.05) is 5.32 Å². The molecule has 0 spiro atoms.